The lowest BCUT2D eigenvalue weighted by Crippen LogP contribution is -2.02. The molecule has 33 heavy (non-hydrogen) atoms. The molecule has 5 rings (SSSR count). The first-order chi connectivity index (χ1) is 16.0. The maximum Gasteiger partial charge on any atom is 0.249 e. The number of hydrogen-bond acceptors (Lipinski definition) is 6. The van der Waals surface area contributed by atoms with Gasteiger partial charge in [0.2, 0.25) is 11.8 Å². The molecule has 0 aliphatic carbocycles. The van der Waals surface area contributed by atoms with Gasteiger partial charge in [0, 0.05) is 24.5 Å². The first kappa shape index (κ1) is 20.3. The van der Waals surface area contributed by atoms with Crippen LogP contribution in [0.4, 0.5) is 11.6 Å². The first-order valence-electron chi connectivity index (χ1n) is 10.4. The lowest BCUT2D eigenvalue weighted by molar-refractivity contribution is 0.459. The number of aryl methyl sites for hydroxylation is 3. The second-order valence-electron chi connectivity index (χ2n) is 7.88. The maximum absolute atomic E-state index is 9.01. The van der Waals surface area contributed by atoms with E-state index >= 15 is 0 Å². The highest BCUT2D eigenvalue weighted by molar-refractivity contribution is 5.83. The van der Waals surface area contributed by atoms with E-state index in [1.165, 1.54) is 0 Å². The van der Waals surface area contributed by atoms with Gasteiger partial charge in [-0.1, -0.05) is 0 Å². The second-order valence-corrected chi connectivity index (χ2v) is 7.88. The summed E-state index contributed by atoms with van der Waals surface area (Å²) in [6, 6.07) is 17.3. The van der Waals surface area contributed by atoms with Crippen molar-refractivity contribution < 1.29 is 9.15 Å². The molecular weight excluding hydrogens is 414 g/mol. The Balaban J connectivity index is 1.53. The summed E-state index contributed by atoms with van der Waals surface area (Å²) in [4.78, 5) is 9.31. The van der Waals surface area contributed by atoms with Crippen molar-refractivity contribution in [1.29, 1.82) is 5.26 Å². The number of nitrogens with one attached hydrogen (secondary N) is 1. The van der Waals surface area contributed by atoms with Crippen LogP contribution in [0.5, 0.6) is 11.6 Å². The van der Waals surface area contributed by atoms with Gasteiger partial charge in [0.15, 0.2) is 0 Å². The fourth-order valence-corrected chi connectivity index (χ4v) is 3.84. The quantitative estimate of drug-likeness (QED) is 0.351. The second kappa shape index (κ2) is 8.17. The summed E-state index contributed by atoms with van der Waals surface area (Å²) in [7, 11) is 1.94. The monoisotopic (exact) mass is 435 g/mol. The van der Waals surface area contributed by atoms with E-state index < -0.39 is 0 Å². The molecule has 2 aromatic carbocycles. The van der Waals surface area contributed by atoms with E-state index in [1.54, 1.807) is 24.7 Å². The summed E-state index contributed by atoms with van der Waals surface area (Å²) in [6.07, 6.45) is 5.33. The van der Waals surface area contributed by atoms with E-state index in [4.69, 9.17) is 14.4 Å². The highest BCUT2D eigenvalue weighted by Gasteiger charge is 2.16. The number of hydrogen-bond donors (Lipinski definition) is 1. The molecular formula is C26H21N5O2. The Kier molecular flexibility index (Phi) is 5.04. The third-order valence-electron chi connectivity index (χ3n) is 5.47. The van der Waals surface area contributed by atoms with Gasteiger partial charge in [0.1, 0.15) is 11.3 Å². The van der Waals surface area contributed by atoms with Crippen LogP contribution in [0.2, 0.25) is 0 Å². The summed E-state index contributed by atoms with van der Waals surface area (Å²) in [6.45, 7) is 4.04. The number of fused-ring (bicyclic) bond motifs is 1. The van der Waals surface area contributed by atoms with E-state index in [9.17, 15) is 0 Å². The summed E-state index contributed by atoms with van der Waals surface area (Å²) in [5, 5.41) is 12.2. The number of aromatic nitrogens is 3. The Morgan fingerprint density at radius 2 is 1.76 bits per heavy atom. The van der Waals surface area contributed by atoms with Crippen LogP contribution in [0, 0.1) is 25.2 Å². The number of nitrogens with zero attached hydrogens (tertiary/aromatic N) is 4. The van der Waals surface area contributed by atoms with Gasteiger partial charge in [-0.3, -0.25) is 0 Å². The van der Waals surface area contributed by atoms with Crippen molar-refractivity contribution in [3.05, 3.63) is 83.9 Å². The van der Waals surface area contributed by atoms with Crippen LogP contribution in [-0.4, -0.2) is 14.5 Å². The van der Waals surface area contributed by atoms with Gasteiger partial charge in [0.25, 0.3) is 0 Å². The number of furan rings is 1. The molecule has 0 spiro atoms. The zero-order chi connectivity index (χ0) is 22.9. The molecule has 0 fully saturated rings. The van der Waals surface area contributed by atoms with E-state index in [1.807, 2.05) is 55.9 Å². The van der Waals surface area contributed by atoms with Gasteiger partial charge in [0.05, 0.1) is 29.7 Å². The summed E-state index contributed by atoms with van der Waals surface area (Å²) < 4.78 is 13.6. The number of rotatable bonds is 5. The van der Waals surface area contributed by atoms with E-state index in [0.717, 1.165) is 44.7 Å². The van der Waals surface area contributed by atoms with Crippen LogP contribution in [0.25, 0.3) is 22.2 Å². The van der Waals surface area contributed by atoms with Crippen LogP contribution in [0.1, 0.15) is 16.7 Å². The van der Waals surface area contributed by atoms with Gasteiger partial charge >= 0.3 is 0 Å². The van der Waals surface area contributed by atoms with Crippen LogP contribution in [-0.2, 0) is 7.05 Å². The summed E-state index contributed by atoms with van der Waals surface area (Å²) >= 11 is 0. The van der Waals surface area contributed by atoms with Crippen molar-refractivity contribution in [2.45, 2.75) is 13.8 Å². The molecule has 0 aliphatic rings. The third-order valence-corrected chi connectivity index (χ3v) is 5.47. The van der Waals surface area contributed by atoms with Crippen LogP contribution >= 0.6 is 0 Å². The lowest BCUT2D eigenvalue weighted by atomic mass is 10.0. The molecule has 0 bridgehead atoms. The normalized spacial score (nSPS) is 10.8. The van der Waals surface area contributed by atoms with Crippen molar-refractivity contribution >= 4 is 22.7 Å². The fraction of sp³-hybridized carbons (Fsp3) is 0.115. The molecule has 7 heteroatoms. The average molecular weight is 435 g/mol. The molecule has 0 atom stereocenters. The zero-order valence-corrected chi connectivity index (χ0v) is 18.5. The topological polar surface area (TPSA) is 88.9 Å². The Labute approximate surface area is 190 Å². The smallest absolute Gasteiger partial charge is 0.249 e. The molecule has 0 saturated heterocycles. The van der Waals surface area contributed by atoms with Crippen molar-refractivity contribution in [3.63, 3.8) is 0 Å². The van der Waals surface area contributed by atoms with Gasteiger partial charge in [-0.2, -0.15) is 10.2 Å². The molecule has 3 heterocycles. The van der Waals surface area contributed by atoms with E-state index in [0.29, 0.717) is 17.4 Å². The minimum absolute atomic E-state index is 0.415. The molecule has 1 N–H and O–H groups in total. The van der Waals surface area contributed by atoms with Crippen molar-refractivity contribution in [1.82, 2.24) is 14.5 Å². The molecule has 3 aromatic heterocycles. The molecule has 0 aliphatic heterocycles. The first-order valence-corrected chi connectivity index (χ1v) is 10.4. The fourth-order valence-electron chi connectivity index (χ4n) is 3.84. The van der Waals surface area contributed by atoms with Crippen LogP contribution in [0.3, 0.4) is 0 Å². The molecule has 0 unspecified atom stereocenters. The Morgan fingerprint density at radius 1 is 1.00 bits per heavy atom. The van der Waals surface area contributed by atoms with Gasteiger partial charge in [-0.05, 0) is 79.1 Å². The van der Waals surface area contributed by atoms with Crippen LogP contribution in [0.15, 0.2) is 71.7 Å². The standard InChI is InChI=1S/C26H21N5O2/c1-16-12-20(19-9-11-32-15-19)13-17(2)24(16)33-25-23-22(8-10-31(23)3)29-26(30-25)28-21-6-4-18(14-27)5-7-21/h4-13,15H,1-3H3,(H,28,29,30). The molecule has 0 saturated carbocycles. The third kappa shape index (κ3) is 3.90. The SMILES string of the molecule is Cc1cc(-c2ccoc2)cc(C)c1Oc1nc(Nc2ccc(C#N)cc2)nc2ccn(C)c12. The Morgan fingerprint density at radius 3 is 2.42 bits per heavy atom. The van der Waals surface area contributed by atoms with Crippen molar-refractivity contribution in [2.24, 2.45) is 7.05 Å². The highest BCUT2D eigenvalue weighted by atomic mass is 16.5. The number of anilines is 2. The minimum atomic E-state index is 0.415. The molecule has 162 valence electrons. The largest absolute Gasteiger partial charge is 0.472 e. The zero-order valence-electron chi connectivity index (χ0n) is 18.5. The number of ether oxygens (including phenoxy) is 1. The maximum atomic E-state index is 9.01. The van der Waals surface area contributed by atoms with Crippen LogP contribution < -0.4 is 10.1 Å². The summed E-state index contributed by atoms with van der Waals surface area (Å²) in [5.41, 5.74) is 7.03. The van der Waals surface area contributed by atoms with Gasteiger partial charge in [-0.15, -0.1) is 0 Å². The number of benzene rings is 2. The average Bonchev–Trinajstić information content (AvgIpc) is 3.47. The predicted octanol–water partition coefficient (Wildman–Crippen LogP) is 6.25. The predicted molar refractivity (Wildman–Crippen MR) is 127 cm³/mol. The Hall–Kier alpha value is -4.57. The van der Waals surface area contributed by atoms with E-state index in [2.05, 4.69) is 33.5 Å². The highest BCUT2D eigenvalue weighted by Crippen LogP contribution is 2.36. The van der Waals surface area contributed by atoms with Crippen molar-refractivity contribution in [3.8, 4) is 28.8 Å². The molecule has 7 nitrogen and oxygen atoms in total. The van der Waals surface area contributed by atoms with Crippen molar-refractivity contribution in [2.75, 3.05) is 5.32 Å². The van der Waals surface area contributed by atoms with Gasteiger partial charge in [-0.25, -0.2) is 4.98 Å². The van der Waals surface area contributed by atoms with E-state index in [-0.39, 0.29) is 0 Å². The Bertz CT molecular complexity index is 1470. The van der Waals surface area contributed by atoms with Gasteiger partial charge < -0.3 is 19.0 Å². The molecule has 5 aromatic rings. The molecule has 0 radical (unpaired) electrons. The lowest BCUT2D eigenvalue weighted by Gasteiger charge is -2.15. The summed E-state index contributed by atoms with van der Waals surface area (Å²) in [5.74, 6) is 1.64. The molecule has 0 amide bonds. The number of nitriles is 1. The minimum Gasteiger partial charge on any atom is -0.472 e.